The fourth-order valence-electron chi connectivity index (χ4n) is 4.08. The molecule has 0 spiro atoms. The number of anilines is 1. The van der Waals surface area contributed by atoms with Crippen LogP contribution in [0.5, 0.6) is 0 Å². The fraction of sp³-hybridized carbons (Fsp3) is 0.240. The summed E-state index contributed by atoms with van der Waals surface area (Å²) in [6, 6.07) is 30.5. The second kappa shape index (κ2) is 9.21. The molecule has 29 heavy (non-hydrogen) atoms. The Kier molecular flexibility index (Phi) is 6.23. The van der Waals surface area contributed by atoms with Gasteiger partial charge in [-0.25, -0.2) is 0 Å². The van der Waals surface area contributed by atoms with Gasteiger partial charge in [0, 0.05) is 16.8 Å². The summed E-state index contributed by atoms with van der Waals surface area (Å²) in [5.41, 5.74) is 5.07. The van der Waals surface area contributed by atoms with E-state index in [9.17, 15) is 0 Å². The van der Waals surface area contributed by atoms with Crippen LogP contribution in [0.3, 0.4) is 0 Å². The van der Waals surface area contributed by atoms with E-state index in [0.29, 0.717) is 6.04 Å². The summed E-state index contributed by atoms with van der Waals surface area (Å²) < 4.78 is 0. The van der Waals surface area contributed by atoms with Gasteiger partial charge < -0.3 is 15.1 Å². The molecule has 3 nitrogen and oxygen atoms in total. The average molecular weight is 403 g/mol. The Morgan fingerprint density at radius 2 is 1.34 bits per heavy atom. The fourth-order valence-corrected chi connectivity index (χ4v) is 4.38. The number of rotatable bonds is 4. The predicted octanol–water partition coefficient (Wildman–Crippen LogP) is 3.68. The Morgan fingerprint density at radius 3 is 1.86 bits per heavy atom. The normalized spacial score (nSPS) is 14.8. The highest BCUT2D eigenvalue weighted by molar-refractivity contribution is 7.80. The lowest BCUT2D eigenvalue weighted by atomic mass is 9.96. The van der Waals surface area contributed by atoms with E-state index < -0.39 is 0 Å². The Hall–Kier alpha value is -2.69. The van der Waals surface area contributed by atoms with Gasteiger partial charge in [0.05, 0.1) is 26.2 Å². The number of benzene rings is 3. The van der Waals surface area contributed by atoms with Gasteiger partial charge in [-0.05, 0) is 31.3 Å². The van der Waals surface area contributed by atoms with Gasteiger partial charge in [-0.15, -0.1) is 0 Å². The van der Waals surface area contributed by atoms with E-state index in [1.807, 2.05) is 0 Å². The molecule has 0 unspecified atom stereocenters. The Morgan fingerprint density at radius 1 is 0.828 bits per heavy atom. The molecule has 0 bridgehead atoms. The van der Waals surface area contributed by atoms with Crippen molar-refractivity contribution in [2.45, 2.75) is 13.0 Å². The highest BCUT2D eigenvalue weighted by Crippen LogP contribution is 2.19. The second-order valence-electron chi connectivity index (χ2n) is 7.70. The smallest absolute Gasteiger partial charge is 0.173 e. The maximum atomic E-state index is 5.69. The van der Waals surface area contributed by atoms with Crippen molar-refractivity contribution in [1.29, 1.82) is 0 Å². The molecule has 4 rings (SSSR count). The van der Waals surface area contributed by atoms with Crippen LogP contribution >= 0.6 is 12.2 Å². The molecule has 0 amide bonds. The minimum Gasteiger partial charge on any atom is -0.338 e. The quantitative estimate of drug-likeness (QED) is 0.650. The van der Waals surface area contributed by atoms with Gasteiger partial charge in [0.1, 0.15) is 6.04 Å². The van der Waals surface area contributed by atoms with Gasteiger partial charge >= 0.3 is 0 Å². The number of thiocarbonyl (C=S) groups is 1. The Balaban J connectivity index is 1.44. The number of nitrogens with one attached hydrogen (secondary N) is 2. The number of quaternary nitrogens is 1. The summed E-state index contributed by atoms with van der Waals surface area (Å²) in [4.78, 5) is 3.89. The van der Waals surface area contributed by atoms with Crippen LogP contribution in [0.15, 0.2) is 84.9 Å². The molecule has 0 saturated carbocycles. The lowest BCUT2D eigenvalue weighted by molar-refractivity contribution is -0.929. The molecule has 0 radical (unpaired) electrons. The van der Waals surface area contributed by atoms with Gasteiger partial charge in [0.25, 0.3) is 0 Å². The van der Waals surface area contributed by atoms with Crippen molar-refractivity contribution in [2.24, 2.45) is 0 Å². The molecule has 1 aliphatic rings. The number of hydrogen-bond donors (Lipinski definition) is 2. The van der Waals surface area contributed by atoms with Crippen LogP contribution in [0, 0.1) is 6.92 Å². The molecular weight excluding hydrogens is 374 g/mol. The van der Waals surface area contributed by atoms with Crippen LogP contribution in [0.4, 0.5) is 5.69 Å². The molecule has 0 aromatic heterocycles. The van der Waals surface area contributed by atoms with Crippen molar-refractivity contribution < 1.29 is 4.90 Å². The van der Waals surface area contributed by atoms with Crippen LogP contribution < -0.4 is 10.2 Å². The number of hydrogen-bond acceptors (Lipinski definition) is 1. The molecule has 148 valence electrons. The van der Waals surface area contributed by atoms with Crippen molar-refractivity contribution in [2.75, 3.05) is 31.5 Å². The van der Waals surface area contributed by atoms with E-state index in [0.717, 1.165) is 37.0 Å². The largest absolute Gasteiger partial charge is 0.338 e. The predicted molar refractivity (Wildman–Crippen MR) is 124 cm³/mol. The SMILES string of the molecule is Cc1ccc(NC(=S)N2CC[NH+](C(c3ccccc3)c3ccccc3)CC2)cc1. The zero-order valence-corrected chi connectivity index (χ0v) is 17.7. The van der Waals surface area contributed by atoms with Gasteiger partial charge in [-0.2, -0.15) is 0 Å². The van der Waals surface area contributed by atoms with Gasteiger partial charge in [0.15, 0.2) is 5.11 Å². The van der Waals surface area contributed by atoms with E-state index in [4.69, 9.17) is 12.2 Å². The molecule has 1 saturated heterocycles. The third kappa shape index (κ3) is 4.84. The van der Waals surface area contributed by atoms with Gasteiger partial charge in [0.2, 0.25) is 0 Å². The molecular formula is C25H28N3S+. The molecule has 1 fully saturated rings. The van der Waals surface area contributed by atoms with E-state index in [1.165, 1.54) is 16.7 Å². The number of piperazine rings is 1. The molecule has 0 atom stereocenters. The van der Waals surface area contributed by atoms with E-state index >= 15 is 0 Å². The molecule has 2 N–H and O–H groups in total. The molecule has 0 aliphatic carbocycles. The standard InChI is InChI=1S/C25H27N3S/c1-20-12-14-23(15-13-20)26-25(29)28-18-16-27(17-19-28)24(21-8-4-2-5-9-21)22-10-6-3-7-11-22/h2-15,24H,16-19H2,1H3,(H,26,29)/p+1. The molecule has 3 aromatic carbocycles. The number of aryl methyl sites for hydroxylation is 1. The van der Waals surface area contributed by atoms with Crippen molar-refractivity contribution in [3.63, 3.8) is 0 Å². The lowest BCUT2D eigenvalue weighted by Gasteiger charge is -2.38. The molecule has 1 aliphatic heterocycles. The first-order chi connectivity index (χ1) is 14.2. The van der Waals surface area contributed by atoms with Crippen LogP contribution in [0.2, 0.25) is 0 Å². The van der Waals surface area contributed by atoms with Crippen LogP contribution in [-0.4, -0.2) is 36.2 Å². The summed E-state index contributed by atoms with van der Waals surface area (Å²) in [7, 11) is 0. The summed E-state index contributed by atoms with van der Waals surface area (Å²) in [5, 5.41) is 4.22. The zero-order valence-electron chi connectivity index (χ0n) is 16.8. The monoisotopic (exact) mass is 402 g/mol. The summed E-state index contributed by atoms with van der Waals surface area (Å²) in [5.74, 6) is 0. The van der Waals surface area contributed by atoms with Crippen molar-refractivity contribution in [1.82, 2.24) is 4.90 Å². The first-order valence-corrected chi connectivity index (χ1v) is 10.7. The third-order valence-corrected chi connectivity index (χ3v) is 6.03. The van der Waals surface area contributed by atoms with Crippen LogP contribution in [0.25, 0.3) is 0 Å². The molecule has 4 heteroatoms. The highest BCUT2D eigenvalue weighted by Gasteiger charge is 2.30. The van der Waals surface area contributed by atoms with Gasteiger partial charge in [-0.1, -0.05) is 78.4 Å². The van der Waals surface area contributed by atoms with Crippen molar-refractivity contribution in [3.05, 3.63) is 102 Å². The number of nitrogens with zero attached hydrogens (tertiary/aromatic N) is 1. The van der Waals surface area contributed by atoms with Crippen LogP contribution in [0.1, 0.15) is 22.7 Å². The molecule has 3 aromatic rings. The summed E-state index contributed by atoms with van der Waals surface area (Å²) in [6.07, 6.45) is 0. The zero-order chi connectivity index (χ0) is 20.1. The van der Waals surface area contributed by atoms with E-state index in [2.05, 4.69) is 102 Å². The highest BCUT2D eigenvalue weighted by atomic mass is 32.1. The Labute approximate surface area is 179 Å². The third-order valence-electron chi connectivity index (χ3n) is 5.67. The molecule has 1 heterocycles. The lowest BCUT2D eigenvalue weighted by Crippen LogP contribution is -3.15. The van der Waals surface area contributed by atoms with Crippen molar-refractivity contribution >= 4 is 23.0 Å². The minimum atomic E-state index is 0.359. The first kappa shape index (κ1) is 19.6. The Bertz CT molecular complexity index is 878. The maximum absolute atomic E-state index is 5.69. The maximum Gasteiger partial charge on any atom is 0.173 e. The van der Waals surface area contributed by atoms with E-state index in [1.54, 1.807) is 4.90 Å². The first-order valence-electron chi connectivity index (χ1n) is 10.3. The van der Waals surface area contributed by atoms with Crippen LogP contribution in [-0.2, 0) is 0 Å². The van der Waals surface area contributed by atoms with Gasteiger partial charge in [-0.3, -0.25) is 0 Å². The summed E-state index contributed by atoms with van der Waals surface area (Å²) >= 11 is 5.69. The topological polar surface area (TPSA) is 19.7 Å². The van der Waals surface area contributed by atoms with Crippen molar-refractivity contribution in [3.8, 4) is 0 Å². The minimum absolute atomic E-state index is 0.359. The van der Waals surface area contributed by atoms with E-state index in [-0.39, 0.29) is 0 Å². The summed E-state index contributed by atoms with van der Waals surface area (Å²) in [6.45, 7) is 6.14. The second-order valence-corrected chi connectivity index (χ2v) is 8.08. The average Bonchev–Trinajstić information content (AvgIpc) is 2.77.